The van der Waals surface area contributed by atoms with Crippen LogP contribution in [0.3, 0.4) is 0 Å². The number of nitrogens with one attached hydrogen (secondary N) is 1. The number of nitrogens with zero attached hydrogens (tertiary/aromatic N) is 3. The lowest BCUT2D eigenvalue weighted by atomic mass is 10.1. The van der Waals surface area contributed by atoms with Gasteiger partial charge >= 0.3 is 0 Å². The zero-order chi connectivity index (χ0) is 21.0. The van der Waals surface area contributed by atoms with Gasteiger partial charge < -0.3 is 4.57 Å². The number of rotatable bonds is 8. The number of sulfonamides is 1. The Hall–Kier alpha value is -2.36. The number of hydrogen-bond acceptors (Lipinski definition) is 6. The van der Waals surface area contributed by atoms with Gasteiger partial charge in [-0.25, -0.2) is 8.42 Å². The summed E-state index contributed by atoms with van der Waals surface area (Å²) in [7, 11) is -3.35. The summed E-state index contributed by atoms with van der Waals surface area (Å²) in [5, 5.41) is 9.78. The van der Waals surface area contributed by atoms with E-state index in [4.69, 9.17) is 11.6 Å². The van der Waals surface area contributed by atoms with E-state index >= 15 is 0 Å². The fraction of sp³-hybridized carbons (Fsp3) is 0.211. The van der Waals surface area contributed by atoms with E-state index in [-0.39, 0.29) is 11.5 Å². The van der Waals surface area contributed by atoms with Crippen molar-refractivity contribution in [3.63, 3.8) is 0 Å². The van der Waals surface area contributed by atoms with Crippen LogP contribution in [0.1, 0.15) is 17.3 Å². The van der Waals surface area contributed by atoms with Crippen LogP contribution < -0.4 is 4.72 Å². The molecule has 3 rings (SSSR count). The Morgan fingerprint density at radius 1 is 1.10 bits per heavy atom. The minimum Gasteiger partial charge on any atom is -0.302 e. The van der Waals surface area contributed by atoms with Crippen molar-refractivity contribution in [1.82, 2.24) is 14.8 Å². The Morgan fingerprint density at radius 2 is 1.76 bits per heavy atom. The molecule has 10 heteroatoms. The molecule has 0 spiro atoms. The van der Waals surface area contributed by atoms with Crippen molar-refractivity contribution in [3.8, 4) is 11.4 Å². The number of aromatic nitrogens is 3. The predicted molar refractivity (Wildman–Crippen MR) is 116 cm³/mol. The van der Waals surface area contributed by atoms with E-state index in [1.165, 1.54) is 11.8 Å². The fourth-order valence-electron chi connectivity index (χ4n) is 2.64. The number of halogens is 1. The molecule has 0 aliphatic rings. The van der Waals surface area contributed by atoms with Crippen molar-refractivity contribution in [2.45, 2.75) is 18.6 Å². The molecule has 0 amide bonds. The molecule has 7 nitrogen and oxygen atoms in total. The number of hydrogen-bond donors (Lipinski definition) is 1. The molecule has 1 heterocycles. The number of ketones is 1. The average molecular weight is 451 g/mol. The van der Waals surface area contributed by atoms with Crippen LogP contribution >= 0.6 is 23.4 Å². The first-order chi connectivity index (χ1) is 13.8. The highest BCUT2D eigenvalue weighted by Gasteiger charge is 2.15. The maximum atomic E-state index is 12.5. The van der Waals surface area contributed by atoms with E-state index in [1.807, 2.05) is 23.6 Å². The highest BCUT2D eigenvalue weighted by atomic mass is 35.5. The summed E-state index contributed by atoms with van der Waals surface area (Å²) in [6, 6.07) is 13.7. The summed E-state index contributed by atoms with van der Waals surface area (Å²) >= 11 is 7.25. The van der Waals surface area contributed by atoms with E-state index in [2.05, 4.69) is 14.9 Å². The van der Waals surface area contributed by atoms with Gasteiger partial charge in [-0.3, -0.25) is 9.52 Å². The molecular formula is C19H19ClN4O3S2. The molecule has 152 valence electrons. The van der Waals surface area contributed by atoms with Crippen molar-refractivity contribution in [2.24, 2.45) is 0 Å². The number of anilines is 1. The van der Waals surface area contributed by atoms with Gasteiger partial charge in [0.15, 0.2) is 16.8 Å². The third kappa shape index (κ3) is 5.59. The predicted octanol–water partition coefficient (Wildman–Crippen LogP) is 3.96. The van der Waals surface area contributed by atoms with Gasteiger partial charge in [0.05, 0.1) is 12.0 Å². The molecular weight excluding hydrogens is 432 g/mol. The molecule has 1 N–H and O–H groups in total. The first-order valence-corrected chi connectivity index (χ1v) is 12.0. The van der Waals surface area contributed by atoms with Crippen LogP contribution in [0.15, 0.2) is 53.7 Å². The quantitative estimate of drug-likeness (QED) is 0.412. The lowest BCUT2D eigenvalue weighted by Gasteiger charge is -2.08. The molecule has 29 heavy (non-hydrogen) atoms. The Bertz CT molecular complexity index is 1110. The molecule has 0 radical (unpaired) electrons. The second kappa shape index (κ2) is 8.98. The SMILES string of the molecule is CCn1c(SCC(=O)c2ccc(NS(C)(=O)=O)cc2)nnc1-c1ccc(Cl)cc1. The van der Waals surface area contributed by atoms with E-state index < -0.39 is 10.0 Å². The molecule has 0 aliphatic carbocycles. The van der Waals surface area contributed by atoms with Gasteiger partial charge in [0.25, 0.3) is 0 Å². The summed E-state index contributed by atoms with van der Waals surface area (Å²) in [6.45, 7) is 2.65. The minimum atomic E-state index is -3.35. The number of Topliss-reactive ketones (excluding diaryl/α,β-unsaturated/α-hetero) is 1. The standard InChI is InChI=1S/C19H19ClN4O3S2/c1-3-24-18(14-4-8-15(20)9-5-14)21-22-19(24)28-12-17(25)13-6-10-16(11-7-13)23-29(2,26)27/h4-11,23H,3,12H2,1-2H3. The topological polar surface area (TPSA) is 94.0 Å². The molecule has 0 saturated heterocycles. The summed E-state index contributed by atoms with van der Waals surface area (Å²) in [6.07, 6.45) is 1.07. The molecule has 0 aliphatic heterocycles. The summed E-state index contributed by atoms with van der Waals surface area (Å²) in [5.41, 5.74) is 1.81. The van der Waals surface area contributed by atoms with Crippen molar-refractivity contribution in [1.29, 1.82) is 0 Å². The van der Waals surface area contributed by atoms with Crippen LogP contribution in [0.2, 0.25) is 5.02 Å². The minimum absolute atomic E-state index is 0.0837. The second-order valence-corrected chi connectivity index (χ2v) is 9.35. The van der Waals surface area contributed by atoms with Crippen LogP contribution in [0.5, 0.6) is 0 Å². The Morgan fingerprint density at radius 3 is 2.34 bits per heavy atom. The summed E-state index contributed by atoms with van der Waals surface area (Å²) in [4.78, 5) is 12.5. The third-order valence-corrected chi connectivity index (χ3v) is 5.80. The van der Waals surface area contributed by atoms with Gasteiger partial charge in [-0.2, -0.15) is 0 Å². The van der Waals surface area contributed by atoms with Crippen LogP contribution in [0.4, 0.5) is 5.69 Å². The molecule has 3 aromatic rings. The van der Waals surface area contributed by atoms with E-state index in [0.29, 0.717) is 28.0 Å². The van der Waals surface area contributed by atoms with Crippen LogP contribution in [-0.4, -0.2) is 41.0 Å². The first-order valence-electron chi connectivity index (χ1n) is 8.70. The van der Waals surface area contributed by atoms with Gasteiger partial charge in [-0.05, 0) is 55.5 Å². The monoisotopic (exact) mass is 450 g/mol. The number of carbonyl (C=O) groups excluding carboxylic acids is 1. The average Bonchev–Trinajstić information content (AvgIpc) is 3.09. The largest absolute Gasteiger partial charge is 0.302 e. The lowest BCUT2D eigenvalue weighted by molar-refractivity contribution is 0.102. The van der Waals surface area contributed by atoms with E-state index in [9.17, 15) is 13.2 Å². The van der Waals surface area contributed by atoms with Crippen LogP contribution in [0.25, 0.3) is 11.4 Å². The van der Waals surface area contributed by atoms with Gasteiger partial charge in [-0.15, -0.1) is 10.2 Å². The first kappa shape index (κ1) is 21.4. The fourth-order valence-corrected chi connectivity index (χ4v) is 4.23. The number of benzene rings is 2. The molecule has 0 unspecified atom stereocenters. The smallest absolute Gasteiger partial charge is 0.229 e. The van der Waals surface area contributed by atoms with Gasteiger partial charge in [-0.1, -0.05) is 23.4 Å². The van der Waals surface area contributed by atoms with Crippen molar-refractivity contribution in [2.75, 3.05) is 16.7 Å². The van der Waals surface area contributed by atoms with E-state index in [1.54, 1.807) is 36.4 Å². The Labute approximate surface area is 178 Å². The molecule has 0 fully saturated rings. The summed E-state index contributed by atoms with van der Waals surface area (Å²) < 4.78 is 26.8. The Kier molecular flexibility index (Phi) is 6.61. The highest BCUT2D eigenvalue weighted by molar-refractivity contribution is 7.99. The lowest BCUT2D eigenvalue weighted by Crippen LogP contribution is -2.10. The number of thioether (sulfide) groups is 1. The van der Waals surface area contributed by atoms with Gasteiger partial charge in [0.1, 0.15) is 0 Å². The molecule has 0 saturated carbocycles. The maximum Gasteiger partial charge on any atom is 0.229 e. The van der Waals surface area contributed by atoms with Gasteiger partial charge in [0.2, 0.25) is 10.0 Å². The van der Waals surface area contributed by atoms with E-state index in [0.717, 1.165) is 17.6 Å². The van der Waals surface area contributed by atoms with Gasteiger partial charge in [0, 0.05) is 28.4 Å². The zero-order valence-electron chi connectivity index (χ0n) is 15.8. The normalized spacial score (nSPS) is 11.4. The molecule has 0 atom stereocenters. The molecule has 0 bridgehead atoms. The van der Waals surface area contributed by atoms with Crippen LogP contribution in [-0.2, 0) is 16.6 Å². The maximum absolute atomic E-state index is 12.5. The molecule has 1 aromatic heterocycles. The van der Waals surface area contributed by atoms with Crippen molar-refractivity contribution >= 4 is 44.9 Å². The Balaban J connectivity index is 1.69. The van der Waals surface area contributed by atoms with Crippen LogP contribution in [0, 0.1) is 0 Å². The van der Waals surface area contributed by atoms with Crippen molar-refractivity contribution in [3.05, 3.63) is 59.1 Å². The second-order valence-electron chi connectivity index (χ2n) is 6.22. The highest BCUT2D eigenvalue weighted by Crippen LogP contribution is 2.25. The molecule has 2 aromatic carbocycles. The van der Waals surface area contributed by atoms with Crippen molar-refractivity contribution < 1.29 is 13.2 Å². The number of carbonyl (C=O) groups is 1. The zero-order valence-corrected chi connectivity index (χ0v) is 18.2. The summed E-state index contributed by atoms with van der Waals surface area (Å²) in [5.74, 6) is 0.826. The third-order valence-electron chi connectivity index (χ3n) is 3.98.